The monoisotopic (exact) mass is 496 g/mol. The van der Waals surface area contributed by atoms with Crippen molar-refractivity contribution in [2.45, 2.75) is 0 Å². The molecule has 2 amide bonds. The summed E-state index contributed by atoms with van der Waals surface area (Å²) in [7, 11) is 0. The Morgan fingerprint density at radius 1 is 0.622 bits per heavy atom. The average molecular weight is 497 g/mol. The van der Waals surface area contributed by atoms with Crippen molar-refractivity contribution in [1.82, 2.24) is 5.32 Å². The summed E-state index contributed by atoms with van der Waals surface area (Å²) in [5.41, 5.74) is 0.779. The van der Waals surface area contributed by atoms with Crippen LogP contribution in [0.5, 0.6) is 23.0 Å². The van der Waals surface area contributed by atoms with Gasteiger partial charge in [0.05, 0.1) is 5.69 Å². The van der Waals surface area contributed by atoms with E-state index in [-0.39, 0.29) is 6.54 Å². The smallest absolute Gasteiger partial charge is 0.325 e. The fourth-order valence-corrected chi connectivity index (χ4v) is 3.21. The third-order valence-corrected chi connectivity index (χ3v) is 4.99. The minimum Gasteiger partial charge on any atom is -0.457 e. The summed E-state index contributed by atoms with van der Waals surface area (Å²) in [4.78, 5) is 36.7. The predicted molar refractivity (Wildman–Crippen MR) is 138 cm³/mol. The van der Waals surface area contributed by atoms with E-state index in [1.165, 1.54) is 0 Å². The van der Waals surface area contributed by atoms with Gasteiger partial charge in [-0.25, -0.2) is 0 Å². The summed E-state index contributed by atoms with van der Waals surface area (Å²) in [6.45, 7) is -0.901. The van der Waals surface area contributed by atoms with Crippen LogP contribution < -0.4 is 20.1 Å². The van der Waals surface area contributed by atoms with Crippen LogP contribution in [0, 0.1) is 0 Å². The molecule has 2 N–H and O–H groups in total. The summed E-state index contributed by atoms with van der Waals surface area (Å²) in [5, 5.41) is 5.13. The molecule has 0 aromatic heterocycles. The van der Waals surface area contributed by atoms with Crippen LogP contribution in [0.2, 0.25) is 0 Å². The third-order valence-electron chi connectivity index (χ3n) is 4.99. The van der Waals surface area contributed by atoms with Gasteiger partial charge in [-0.1, -0.05) is 48.5 Å². The fraction of sp³-hybridized carbons (Fsp3) is 0.0690. The predicted octanol–water partition coefficient (Wildman–Crippen LogP) is 5.18. The molecule has 0 saturated carbocycles. The summed E-state index contributed by atoms with van der Waals surface area (Å²) in [6, 6.07) is 31.8. The van der Waals surface area contributed by atoms with Crippen LogP contribution >= 0.6 is 0 Å². The first-order valence-corrected chi connectivity index (χ1v) is 11.5. The highest BCUT2D eigenvalue weighted by Crippen LogP contribution is 2.29. The number of nitrogens with one attached hydrogen (secondary N) is 2. The number of carbonyl (C=O) groups is 3. The standard InChI is InChI=1S/C29H24N2O6/c32-27(31-25-13-7-8-14-26(25)37-23-11-5-2-6-12-23)20-35-28(33)19-30-29(34)21-15-17-24(18-16-21)36-22-9-3-1-4-10-22/h1-18H,19-20H2,(H,30,34)(H,31,32). The molecule has 0 bridgehead atoms. The second-order valence-electron chi connectivity index (χ2n) is 7.74. The Bertz CT molecular complexity index is 1340. The van der Waals surface area contributed by atoms with Gasteiger partial charge in [0.2, 0.25) is 0 Å². The van der Waals surface area contributed by atoms with Crippen molar-refractivity contribution in [3.8, 4) is 23.0 Å². The Kier molecular flexibility index (Phi) is 8.48. The molecule has 0 radical (unpaired) electrons. The molecule has 0 aliphatic rings. The molecule has 4 aromatic carbocycles. The number of hydrogen-bond acceptors (Lipinski definition) is 6. The van der Waals surface area contributed by atoms with Gasteiger partial charge in [0.25, 0.3) is 11.8 Å². The number of benzene rings is 4. The fourth-order valence-electron chi connectivity index (χ4n) is 3.21. The van der Waals surface area contributed by atoms with E-state index >= 15 is 0 Å². The zero-order valence-corrected chi connectivity index (χ0v) is 19.8. The number of hydrogen-bond donors (Lipinski definition) is 2. The Hall–Kier alpha value is -5.11. The lowest BCUT2D eigenvalue weighted by atomic mass is 10.2. The van der Waals surface area contributed by atoms with Crippen molar-refractivity contribution in [1.29, 1.82) is 0 Å². The molecule has 0 fully saturated rings. The number of esters is 1. The highest BCUT2D eigenvalue weighted by atomic mass is 16.5. The van der Waals surface area contributed by atoms with Crippen LogP contribution in [0.25, 0.3) is 0 Å². The van der Waals surface area contributed by atoms with E-state index in [4.69, 9.17) is 14.2 Å². The number of carbonyl (C=O) groups excluding carboxylic acids is 3. The van der Waals surface area contributed by atoms with Gasteiger partial charge in [0.15, 0.2) is 12.4 Å². The summed E-state index contributed by atoms with van der Waals surface area (Å²) in [5.74, 6) is 0.562. The van der Waals surface area contributed by atoms with Gasteiger partial charge in [0.1, 0.15) is 23.8 Å². The Labute approximate surface area is 213 Å². The first-order valence-electron chi connectivity index (χ1n) is 11.5. The molecule has 8 heteroatoms. The maximum atomic E-state index is 12.3. The summed E-state index contributed by atoms with van der Waals surface area (Å²) < 4.78 is 16.5. The van der Waals surface area contributed by atoms with Crippen LogP contribution in [0.1, 0.15) is 10.4 Å². The quantitative estimate of drug-likeness (QED) is 0.293. The van der Waals surface area contributed by atoms with Crippen LogP contribution in [0.4, 0.5) is 5.69 Å². The maximum Gasteiger partial charge on any atom is 0.325 e. The van der Waals surface area contributed by atoms with Gasteiger partial charge in [-0.05, 0) is 60.7 Å². The van der Waals surface area contributed by atoms with E-state index in [1.807, 2.05) is 48.5 Å². The highest BCUT2D eigenvalue weighted by molar-refractivity contribution is 5.97. The van der Waals surface area contributed by atoms with Crippen LogP contribution in [-0.2, 0) is 14.3 Å². The highest BCUT2D eigenvalue weighted by Gasteiger charge is 2.13. The Morgan fingerprint density at radius 2 is 1.19 bits per heavy atom. The molecular weight excluding hydrogens is 472 g/mol. The molecule has 186 valence electrons. The molecule has 0 saturated heterocycles. The van der Waals surface area contributed by atoms with Crippen LogP contribution in [0.15, 0.2) is 109 Å². The number of rotatable bonds is 10. The first kappa shape index (κ1) is 25.0. The second kappa shape index (κ2) is 12.6. The van der Waals surface area contributed by atoms with Crippen molar-refractivity contribution >= 4 is 23.5 Å². The first-order chi connectivity index (χ1) is 18.1. The third kappa shape index (κ3) is 7.69. The zero-order chi connectivity index (χ0) is 25.9. The van der Waals surface area contributed by atoms with Gasteiger partial charge < -0.3 is 24.8 Å². The van der Waals surface area contributed by atoms with Gasteiger partial charge >= 0.3 is 5.97 Å². The van der Waals surface area contributed by atoms with Crippen LogP contribution in [-0.4, -0.2) is 30.9 Å². The lowest BCUT2D eigenvalue weighted by Crippen LogP contribution is -2.32. The Morgan fingerprint density at radius 3 is 1.86 bits per heavy atom. The maximum absolute atomic E-state index is 12.3. The molecule has 0 aliphatic carbocycles. The largest absolute Gasteiger partial charge is 0.457 e. The molecule has 0 aliphatic heterocycles. The normalized spacial score (nSPS) is 10.2. The van der Waals surface area contributed by atoms with Gasteiger partial charge in [0, 0.05) is 5.56 Å². The van der Waals surface area contributed by atoms with Crippen molar-refractivity contribution < 1.29 is 28.6 Å². The van der Waals surface area contributed by atoms with Crippen molar-refractivity contribution in [3.63, 3.8) is 0 Å². The molecule has 0 atom stereocenters. The molecule has 37 heavy (non-hydrogen) atoms. The summed E-state index contributed by atoms with van der Waals surface area (Å²) in [6.07, 6.45) is 0. The lowest BCUT2D eigenvalue weighted by Gasteiger charge is -2.12. The molecule has 0 heterocycles. The van der Waals surface area contributed by atoms with E-state index in [0.717, 1.165) is 0 Å². The molecule has 0 spiro atoms. The SMILES string of the molecule is O=C(COC(=O)CNC(=O)c1ccc(Oc2ccccc2)cc1)Nc1ccccc1Oc1ccccc1. The van der Waals surface area contributed by atoms with E-state index < -0.39 is 24.4 Å². The van der Waals surface area contributed by atoms with Crippen molar-refractivity contribution in [2.24, 2.45) is 0 Å². The average Bonchev–Trinajstić information content (AvgIpc) is 2.93. The minimum atomic E-state index is -0.749. The molecule has 8 nitrogen and oxygen atoms in total. The van der Waals surface area contributed by atoms with E-state index in [2.05, 4.69) is 10.6 Å². The molecular formula is C29H24N2O6. The second-order valence-corrected chi connectivity index (χ2v) is 7.74. The number of ether oxygens (including phenoxy) is 3. The van der Waals surface area contributed by atoms with Crippen LogP contribution in [0.3, 0.4) is 0 Å². The number of para-hydroxylation sites is 4. The van der Waals surface area contributed by atoms with E-state index in [1.54, 1.807) is 60.7 Å². The molecule has 0 unspecified atom stereocenters. The molecule has 4 aromatic rings. The number of amides is 2. The number of anilines is 1. The Balaban J connectivity index is 1.21. The van der Waals surface area contributed by atoms with E-state index in [0.29, 0.717) is 34.2 Å². The van der Waals surface area contributed by atoms with Gasteiger partial charge in [-0.3, -0.25) is 14.4 Å². The topological polar surface area (TPSA) is 103 Å². The summed E-state index contributed by atoms with van der Waals surface area (Å²) >= 11 is 0. The minimum absolute atomic E-state index is 0.348. The van der Waals surface area contributed by atoms with Gasteiger partial charge in [-0.15, -0.1) is 0 Å². The molecule has 4 rings (SSSR count). The van der Waals surface area contributed by atoms with Gasteiger partial charge in [-0.2, -0.15) is 0 Å². The zero-order valence-electron chi connectivity index (χ0n) is 19.8. The van der Waals surface area contributed by atoms with E-state index in [9.17, 15) is 14.4 Å². The van der Waals surface area contributed by atoms with Crippen molar-refractivity contribution in [3.05, 3.63) is 115 Å². The van der Waals surface area contributed by atoms with Crippen molar-refractivity contribution in [2.75, 3.05) is 18.5 Å². The lowest BCUT2D eigenvalue weighted by molar-refractivity contribution is -0.146.